The van der Waals surface area contributed by atoms with Crippen molar-refractivity contribution in [1.82, 2.24) is 0 Å². The average Bonchev–Trinajstić information content (AvgIpc) is 2.99. The highest BCUT2D eigenvalue weighted by Gasteiger charge is 2.32. The van der Waals surface area contributed by atoms with Crippen molar-refractivity contribution >= 4 is 17.7 Å². The number of allylic oxidation sites excluding steroid dienone is 2. The lowest BCUT2D eigenvalue weighted by atomic mass is 9.73. The summed E-state index contributed by atoms with van der Waals surface area (Å²) in [7, 11) is 0. The van der Waals surface area contributed by atoms with E-state index in [0.717, 1.165) is 19.3 Å². The van der Waals surface area contributed by atoms with Crippen LogP contribution >= 0.6 is 0 Å². The zero-order valence-electron chi connectivity index (χ0n) is 20.7. The molecule has 0 amide bonds. The summed E-state index contributed by atoms with van der Waals surface area (Å²) in [6.07, 6.45) is 10.9. The van der Waals surface area contributed by atoms with Gasteiger partial charge in [0.05, 0.1) is 0 Å². The van der Waals surface area contributed by atoms with Crippen molar-refractivity contribution in [1.29, 1.82) is 0 Å². The number of hydrogen-bond acceptors (Lipinski definition) is 0. The van der Waals surface area contributed by atoms with Crippen molar-refractivity contribution in [3.05, 3.63) is 62.5 Å². The van der Waals surface area contributed by atoms with Gasteiger partial charge in [0, 0.05) is 0 Å². The van der Waals surface area contributed by atoms with Crippen LogP contribution in [-0.4, -0.2) is 0 Å². The summed E-state index contributed by atoms with van der Waals surface area (Å²) >= 11 is 0. The number of rotatable bonds is 0. The van der Waals surface area contributed by atoms with Crippen LogP contribution in [0.25, 0.3) is 28.9 Å². The zero-order chi connectivity index (χ0) is 22.3. The van der Waals surface area contributed by atoms with Crippen LogP contribution in [-0.2, 0) is 11.8 Å². The van der Waals surface area contributed by atoms with Gasteiger partial charge in [0.2, 0.25) is 0 Å². The number of benzene rings is 2. The Bertz CT molecular complexity index is 1240. The minimum absolute atomic E-state index is 0.145. The van der Waals surface area contributed by atoms with Gasteiger partial charge in [-0.1, -0.05) is 79.7 Å². The Morgan fingerprint density at radius 3 is 2.19 bits per heavy atom. The molecule has 3 aliphatic carbocycles. The Kier molecular flexibility index (Phi) is 4.50. The molecule has 0 heterocycles. The van der Waals surface area contributed by atoms with Gasteiger partial charge < -0.3 is 0 Å². The molecule has 0 aliphatic heterocycles. The Hall–Kier alpha value is -2.08. The summed E-state index contributed by atoms with van der Waals surface area (Å²) in [4.78, 5) is 0. The second kappa shape index (κ2) is 6.71. The topological polar surface area (TPSA) is 0 Å². The van der Waals surface area contributed by atoms with E-state index in [9.17, 15) is 0 Å². The smallest absolute Gasteiger partial charge is 0.00101 e. The van der Waals surface area contributed by atoms with Gasteiger partial charge in [0.15, 0.2) is 0 Å². The molecule has 0 saturated carbocycles. The average molecular weight is 411 g/mol. The standard InChI is InChI=1S/C31H38/c1-18-9-11-22-20(13-18)14-25-24-17-23-19(2)10-12-28(30(3,4)5)26(23)15-21(24)16-27(25)29(22)31(6,7)8/h11-15,17-19H,9-10,16H2,1-8H3. The van der Waals surface area contributed by atoms with E-state index in [2.05, 4.69) is 91.8 Å². The summed E-state index contributed by atoms with van der Waals surface area (Å²) in [5.41, 5.74) is 12.6. The van der Waals surface area contributed by atoms with Crippen LogP contribution in [0.1, 0.15) is 102 Å². The Balaban J connectivity index is 1.79. The van der Waals surface area contributed by atoms with Crippen LogP contribution in [0.5, 0.6) is 0 Å². The van der Waals surface area contributed by atoms with E-state index in [1.807, 2.05) is 0 Å². The van der Waals surface area contributed by atoms with Gasteiger partial charge in [-0.25, -0.2) is 0 Å². The third-order valence-corrected chi connectivity index (χ3v) is 7.65. The molecule has 0 N–H and O–H groups in total. The molecule has 3 aliphatic rings. The summed E-state index contributed by atoms with van der Waals surface area (Å²) in [5, 5.41) is 2.96. The maximum absolute atomic E-state index is 2.56. The number of fused-ring (bicyclic) bond motifs is 5. The fourth-order valence-corrected chi connectivity index (χ4v) is 6.21. The van der Waals surface area contributed by atoms with Gasteiger partial charge in [-0.2, -0.15) is 0 Å². The number of hydrogen-bond donors (Lipinski definition) is 0. The third-order valence-electron chi connectivity index (χ3n) is 7.65. The maximum atomic E-state index is 2.56. The normalized spacial score (nSPS) is 21.9. The molecular formula is C31H38. The first kappa shape index (κ1) is 20.8. The lowest BCUT2D eigenvalue weighted by Crippen LogP contribution is -2.38. The summed E-state index contributed by atoms with van der Waals surface area (Å²) in [6, 6.07) is 7.63. The molecule has 0 fully saturated rings. The SMILES string of the molecule is CC1C=c2cc3c(c(C(C)(C)C)c2=CC1)Cc1cc2c(cc1-3)C(C)CC=C2C(C)(C)C. The van der Waals surface area contributed by atoms with Crippen LogP contribution in [0, 0.1) is 11.3 Å². The van der Waals surface area contributed by atoms with Crippen LogP contribution in [0.15, 0.2) is 24.3 Å². The largest absolute Gasteiger partial charge is 0.0796 e. The highest BCUT2D eigenvalue weighted by atomic mass is 14.4. The molecule has 0 heteroatoms. The molecule has 2 aromatic carbocycles. The van der Waals surface area contributed by atoms with E-state index in [4.69, 9.17) is 0 Å². The first-order valence-electron chi connectivity index (χ1n) is 12.2. The van der Waals surface area contributed by atoms with E-state index in [-0.39, 0.29) is 10.8 Å². The maximum Gasteiger partial charge on any atom is -0.00101 e. The lowest BCUT2D eigenvalue weighted by molar-refractivity contribution is 0.557. The van der Waals surface area contributed by atoms with Crippen LogP contribution in [0.3, 0.4) is 0 Å². The monoisotopic (exact) mass is 410 g/mol. The fraction of sp³-hybridized carbons (Fsp3) is 0.484. The van der Waals surface area contributed by atoms with Gasteiger partial charge in [0.1, 0.15) is 0 Å². The van der Waals surface area contributed by atoms with Crippen molar-refractivity contribution in [2.75, 3.05) is 0 Å². The Labute approximate surface area is 188 Å². The van der Waals surface area contributed by atoms with Crippen molar-refractivity contribution in [2.45, 2.75) is 86.0 Å². The van der Waals surface area contributed by atoms with Crippen molar-refractivity contribution < 1.29 is 0 Å². The van der Waals surface area contributed by atoms with Crippen molar-refractivity contribution in [3.8, 4) is 11.1 Å². The molecule has 2 unspecified atom stereocenters. The van der Waals surface area contributed by atoms with E-state index in [1.54, 1.807) is 16.7 Å². The molecule has 0 spiro atoms. The Morgan fingerprint density at radius 1 is 0.774 bits per heavy atom. The van der Waals surface area contributed by atoms with Crippen molar-refractivity contribution in [3.63, 3.8) is 0 Å². The molecule has 0 radical (unpaired) electrons. The second-order valence-electron chi connectivity index (χ2n) is 12.4. The highest BCUT2D eigenvalue weighted by molar-refractivity contribution is 5.84. The van der Waals surface area contributed by atoms with Gasteiger partial charge in [-0.05, 0) is 109 Å². The van der Waals surface area contributed by atoms with E-state index in [1.165, 1.54) is 38.3 Å². The minimum Gasteiger partial charge on any atom is -0.0796 e. The molecule has 0 bridgehead atoms. The minimum atomic E-state index is 0.145. The predicted octanol–water partition coefficient (Wildman–Crippen LogP) is 7.09. The van der Waals surface area contributed by atoms with Crippen LogP contribution in [0.4, 0.5) is 0 Å². The highest BCUT2D eigenvalue weighted by Crippen LogP contribution is 2.48. The Morgan fingerprint density at radius 2 is 1.52 bits per heavy atom. The van der Waals surface area contributed by atoms with Crippen LogP contribution < -0.4 is 10.4 Å². The van der Waals surface area contributed by atoms with Crippen LogP contribution in [0.2, 0.25) is 0 Å². The summed E-state index contributed by atoms with van der Waals surface area (Å²) < 4.78 is 0. The van der Waals surface area contributed by atoms with Gasteiger partial charge in [-0.3, -0.25) is 0 Å². The molecule has 0 saturated heterocycles. The van der Waals surface area contributed by atoms with E-state index >= 15 is 0 Å². The predicted molar refractivity (Wildman–Crippen MR) is 136 cm³/mol. The molecule has 31 heavy (non-hydrogen) atoms. The first-order valence-corrected chi connectivity index (χ1v) is 12.2. The molecule has 0 aromatic heterocycles. The first-order chi connectivity index (χ1) is 14.4. The molecule has 2 atom stereocenters. The molecular weight excluding hydrogens is 372 g/mol. The van der Waals surface area contributed by atoms with E-state index in [0.29, 0.717) is 11.8 Å². The molecule has 5 rings (SSSR count). The quantitative estimate of drug-likeness (QED) is 0.371. The fourth-order valence-electron chi connectivity index (χ4n) is 6.21. The summed E-state index contributed by atoms with van der Waals surface area (Å²) in [5.74, 6) is 1.22. The second-order valence-corrected chi connectivity index (χ2v) is 12.4. The van der Waals surface area contributed by atoms with Gasteiger partial charge in [-0.15, -0.1) is 0 Å². The molecule has 162 valence electrons. The van der Waals surface area contributed by atoms with Gasteiger partial charge in [0.25, 0.3) is 0 Å². The molecule has 2 aromatic rings. The van der Waals surface area contributed by atoms with E-state index < -0.39 is 0 Å². The zero-order valence-corrected chi connectivity index (χ0v) is 20.7. The molecule has 0 nitrogen and oxygen atoms in total. The van der Waals surface area contributed by atoms with Gasteiger partial charge >= 0.3 is 0 Å². The van der Waals surface area contributed by atoms with Crippen molar-refractivity contribution in [2.24, 2.45) is 11.3 Å². The summed E-state index contributed by atoms with van der Waals surface area (Å²) in [6.45, 7) is 19.0. The lowest BCUT2D eigenvalue weighted by Gasteiger charge is -2.32. The third kappa shape index (κ3) is 3.25.